The molecule has 1 aromatic carbocycles. The van der Waals surface area contributed by atoms with E-state index in [1.54, 1.807) is 6.08 Å². The summed E-state index contributed by atoms with van der Waals surface area (Å²) in [6.07, 6.45) is 1.12. The number of aliphatic carboxylic acids is 2. The highest BCUT2D eigenvalue weighted by molar-refractivity contribution is 6.08. The number of fused-ring (bicyclic) bond motifs is 4. The number of rotatable bonds is 7. The highest BCUT2D eigenvalue weighted by atomic mass is 19.1. The first-order valence-corrected chi connectivity index (χ1v) is 12.3. The Labute approximate surface area is 215 Å². The largest absolute Gasteiger partial charge is 0.505 e. The minimum Gasteiger partial charge on any atom is -0.505 e. The van der Waals surface area contributed by atoms with Gasteiger partial charge in [-0.05, 0) is 36.5 Å². The molecular formula is C26H25FN2O9. The minimum atomic E-state index is -1.19. The summed E-state index contributed by atoms with van der Waals surface area (Å²) >= 11 is 0. The molecule has 0 bridgehead atoms. The maximum atomic E-state index is 14.4. The van der Waals surface area contributed by atoms with Crippen molar-refractivity contribution in [1.29, 1.82) is 0 Å². The van der Waals surface area contributed by atoms with E-state index in [0.29, 0.717) is 11.1 Å². The van der Waals surface area contributed by atoms with Gasteiger partial charge in [0, 0.05) is 19.0 Å². The number of allylic oxidation sites excluding steroid dienone is 2. The summed E-state index contributed by atoms with van der Waals surface area (Å²) in [6.45, 7) is -0.603. The van der Waals surface area contributed by atoms with E-state index < -0.39 is 95.5 Å². The number of nitrogens with zero attached hydrogens (tertiary/aromatic N) is 2. The SMILES string of the molecule is O=C(O)CCN1C(=O)[C@H]2[C@H](CC=C3[C@H]2C[C@H]2C(=O)N(CCC(=O)O)C(=O)[C@H]2[C@H]3c2ccc(O)c(F)c2)C1=O. The number of benzene rings is 1. The van der Waals surface area contributed by atoms with Crippen LogP contribution in [0.1, 0.15) is 37.2 Å². The van der Waals surface area contributed by atoms with Crippen LogP contribution in [0, 0.1) is 35.4 Å². The van der Waals surface area contributed by atoms with E-state index in [-0.39, 0.29) is 25.9 Å². The van der Waals surface area contributed by atoms with Gasteiger partial charge in [-0.3, -0.25) is 38.6 Å². The first kappa shape index (κ1) is 25.6. The van der Waals surface area contributed by atoms with Crippen molar-refractivity contribution in [2.75, 3.05) is 13.1 Å². The van der Waals surface area contributed by atoms with Crippen LogP contribution in [0.25, 0.3) is 0 Å². The third-order valence-corrected chi connectivity index (χ3v) is 8.26. The van der Waals surface area contributed by atoms with Gasteiger partial charge in [-0.25, -0.2) is 4.39 Å². The second-order valence-corrected chi connectivity index (χ2v) is 10.2. The number of phenols is 1. The van der Waals surface area contributed by atoms with Gasteiger partial charge in [0.15, 0.2) is 11.6 Å². The Kier molecular flexibility index (Phi) is 6.28. The van der Waals surface area contributed by atoms with E-state index in [0.717, 1.165) is 21.9 Å². The molecule has 4 aliphatic rings. The highest BCUT2D eigenvalue weighted by Crippen LogP contribution is 2.58. The van der Waals surface area contributed by atoms with Crippen molar-refractivity contribution in [3.63, 3.8) is 0 Å². The Bertz CT molecular complexity index is 1310. The van der Waals surface area contributed by atoms with Crippen molar-refractivity contribution in [1.82, 2.24) is 9.80 Å². The van der Waals surface area contributed by atoms with Gasteiger partial charge in [-0.2, -0.15) is 0 Å². The van der Waals surface area contributed by atoms with Gasteiger partial charge in [0.25, 0.3) is 0 Å². The summed E-state index contributed by atoms with van der Waals surface area (Å²) in [5, 5.41) is 27.8. The van der Waals surface area contributed by atoms with Crippen molar-refractivity contribution < 1.29 is 48.5 Å². The lowest BCUT2D eigenvalue weighted by Gasteiger charge is -2.44. The van der Waals surface area contributed by atoms with Gasteiger partial charge in [-0.1, -0.05) is 17.7 Å². The molecule has 200 valence electrons. The standard InChI is InChI=1S/C26H25FN2O9/c27-16-9-11(1-4-17(16)30)20-12-2-3-13-21(25(37)28(23(13)35)7-5-18(31)32)14(12)10-15-22(20)26(38)29(24(15)36)8-6-19(33)34/h1-2,4,9,13-15,20-22,30H,3,5-8,10H2,(H,31,32)(H,33,34)/t13-,14+,15+,20-,21-,22+/m0/s1. The molecule has 1 saturated carbocycles. The normalized spacial score (nSPS) is 30.2. The molecule has 1 aromatic rings. The number of halogens is 1. The minimum absolute atomic E-state index is 0.0642. The fourth-order valence-corrected chi connectivity index (χ4v) is 6.67. The van der Waals surface area contributed by atoms with Crippen molar-refractivity contribution in [3.05, 3.63) is 41.2 Å². The molecule has 0 aromatic heterocycles. The quantitative estimate of drug-likeness (QED) is 0.347. The predicted octanol–water partition coefficient (Wildman–Crippen LogP) is 1.12. The number of imide groups is 2. The molecule has 2 heterocycles. The number of hydrogen-bond donors (Lipinski definition) is 3. The summed E-state index contributed by atoms with van der Waals surface area (Å²) < 4.78 is 14.4. The predicted molar refractivity (Wildman–Crippen MR) is 124 cm³/mol. The van der Waals surface area contributed by atoms with E-state index in [2.05, 4.69) is 0 Å². The van der Waals surface area contributed by atoms with Crippen LogP contribution in [0.15, 0.2) is 29.8 Å². The molecule has 5 rings (SSSR count). The number of amides is 4. The lowest BCUT2D eigenvalue weighted by Crippen LogP contribution is -2.43. The number of aromatic hydroxyl groups is 1. The van der Waals surface area contributed by atoms with Gasteiger partial charge in [0.2, 0.25) is 23.6 Å². The van der Waals surface area contributed by atoms with Crippen LogP contribution in [-0.4, -0.2) is 73.8 Å². The third kappa shape index (κ3) is 3.95. The Hall–Kier alpha value is -4.09. The second-order valence-electron chi connectivity index (χ2n) is 10.2. The molecule has 0 radical (unpaired) electrons. The molecule has 4 amide bonds. The van der Waals surface area contributed by atoms with Gasteiger partial charge in [0.05, 0.1) is 36.5 Å². The van der Waals surface area contributed by atoms with Gasteiger partial charge in [0.1, 0.15) is 0 Å². The summed E-state index contributed by atoms with van der Waals surface area (Å²) in [6, 6.07) is 3.65. The van der Waals surface area contributed by atoms with E-state index in [4.69, 9.17) is 10.2 Å². The molecule has 0 spiro atoms. The Balaban J connectivity index is 1.56. The van der Waals surface area contributed by atoms with Crippen LogP contribution < -0.4 is 0 Å². The summed E-state index contributed by atoms with van der Waals surface area (Å²) in [5.41, 5.74) is 0.922. The monoisotopic (exact) mass is 528 g/mol. The zero-order valence-corrected chi connectivity index (χ0v) is 20.1. The van der Waals surface area contributed by atoms with Crippen molar-refractivity contribution >= 4 is 35.6 Å². The first-order chi connectivity index (χ1) is 18.0. The first-order valence-electron chi connectivity index (χ1n) is 12.3. The molecular weight excluding hydrogens is 503 g/mol. The molecule has 3 fully saturated rings. The second kappa shape index (κ2) is 9.34. The third-order valence-electron chi connectivity index (χ3n) is 8.26. The topological polar surface area (TPSA) is 170 Å². The fourth-order valence-electron chi connectivity index (χ4n) is 6.67. The molecule has 38 heavy (non-hydrogen) atoms. The average molecular weight is 528 g/mol. The zero-order valence-electron chi connectivity index (χ0n) is 20.1. The van der Waals surface area contributed by atoms with Crippen molar-refractivity contribution in [2.45, 2.75) is 31.6 Å². The van der Waals surface area contributed by atoms with E-state index in [9.17, 15) is 38.3 Å². The Morgan fingerprint density at radius 3 is 2.00 bits per heavy atom. The summed E-state index contributed by atoms with van der Waals surface area (Å²) in [7, 11) is 0. The van der Waals surface area contributed by atoms with E-state index >= 15 is 0 Å². The summed E-state index contributed by atoms with van der Waals surface area (Å²) in [5.74, 6) is -11.0. The number of hydrogen-bond acceptors (Lipinski definition) is 7. The van der Waals surface area contributed by atoms with Crippen LogP contribution >= 0.6 is 0 Å². The van der Waals surface area contributed by atoms with E-state index in [1.165, 1.54) is 6.07 Å². The highest BCUT2D eigenvalue weighted by Gasteiger charge is 2.61. The lowest BCUT2D eigenvalue weighted by atomic mass is 9.57. The molecule has 2 aliphatic heterocycles. The number of carboxylic acids is 2. The van der Waals surface area contributed by atoms with Gasteiger partial charge < -0.3 is 15.3 Å². The van der Waals surface area contributed by atoms with Crippen LogP contribution in [0.5, 0.6) is 5.75 Å². The van der Waals surface area contributed by atoms with E-state index in [1.807, 2.05) is 0 Å². The maximum Gasteiger partial charge on any atom is 0.305 e. The van der Waals surface area contributed by atoms with Crippen LogP contribution in [0.3, 0.4) is 0 Å². The Morgan fingerprint density at radius 1 is 0.842 bits per heavy atom. The van der Waals surface area contributed by atoms with Crippen LogP contribution in [-0.2, 0) is 28.8 Å². The number of phenolic OH excluding ortho intramolecular Hbond substituents is 1. The Morgan fingerprint density at radius 2 is 1.42 bits per heavy atom. The van der Waals surface area contributed by atoms with Gasteiger partial charge >= 0.3 is 11.9 Å². The lowest BCUT2D eigenvalue weighted by molar-refractivity contribution is -0.145. The maximum absolute atomic E-state index is 14.4. The molecule has 6 atom stereocenters. The number of carbonyl (C=O) groups is 6. The molecule has 11 nitrogen and oxygen atoms in total. The van der Waals surface area contributed by atoms with Crippen LogP contribution in [0.4, 0.5) is 4.39 Å². The zero-order chi connectivity index (χ0) is 27.5. The molecule has 0 unspecified atom stereocenters. The van der Waals surface area contributed by atoms with Crippen molar-refractivity contribution in [3.8, 4) is 5.75 Å². The molecule has 3 N–H and O–H groups in total. The fraction of sp³-hybridized carbons (Fsp3) is 0.462. The van der Waals surface area contributed by atoms with Crippen LogP contribution in [0.2, 0.25) is 0 Å². The average Bonchev–Trinajstić information content (AvgIpc) is 3.25. The van der Waals surface area contributed by atoms with Crippen molar-refractivity contribution in [2.24, 2.45) is 29.6 Å². The number of likely N-dealkylation sites (tertiary alicyclic amines) is 2. The molecule has 12 heteroatoms. The molecule has 2 aliphatic carbocycles. The number of carboxylic acid groups (broad SMARTS) is 2. The smallest absolute Gasteiger partial charge is 0.305 e. The summed E-state index contributed by atoms with van der Waals surface area (Å²) in [4.78, 5) is 77.3. The molecule has 2 saturated heterocycles. The van der Waals surface area contributed by atoms with Gasteiger partial charge in [-0.15, -0.1) is 0 Å². The number of carbonyl (C=O) groups excluding carboxylic acids is 4.